The number of nitrogens with two attached hydrogens (primary N) is 2. The number of allylic oxidation sites excluding steroid dienone is 1. The van der Waals surface area contributed by atoms with Crippen LogP contribution in [0.5, 0.6) is 0 Å². The Morgan fingerprint density at radius 2 is 1.71 bits per heavy atom. The fraction of sp³-hybridized carbons (Fsp3) is 0.889. The van der Waals surface area contributed by atoms with Crippen LogP contribution in [0.25, 0.3) is 0 Å². The molecule has 3 aliphatic carbocycles. The minimum absolute atomic E-state index is 0.0236. The Morgan fingerprint density at radius 1 is 1.06 bits per heavy atom. The van der Waals surface area contributed by atoms with E-state index in [0.717, 1.165) is 26.0 Å². The van der Waals surface area contributed by atoms with E-state index in [4.69, 9.17) is 15.8 Å². The molecule has 0 aromatic heterocycles. The smallest absolute Gasteiger partial charge is 0.0360 e. The van der Waals surface area contributed by atoms with E-state index in [1.807, 2.05) is 0 Å². The summed E-state index contributed by atoms with van der Waals surface area (Å²) in [6, 6.07) is 0. The summed E-state index contributed by atoms with van der Waals surface area (Å²) in [5, 5.41) is 7.00. The molecule has 0 aromatic rings. The Balaban J connectivity index is 0.00000113. The number of nitrogens with zero attached hydrogens (tertiary/aromatic N) is 1. The van der Waals surface area contributed by atoms with Crippen molar-refractivity contribution in [3.8, 4) is 0 Å². The van der Waals surface area contributed by atoms with Crippen molar-refractivity contribution in [2.24, 2.45) is 51.0 Å². The molecule has 3 fully saturated rings. The maximum Gasteiger partial charge on any atom is 0.0360 e. The quantitative estimate of drug-likeness (QED) is 0.376. The van der Waals surface area contributed by atoms with Crippen molar-refractivity contribution in [2.75, 3.05) is 20.7 Å². The first-order valence-electron chi connectivity index (χ1n) is 12.7. The van der Waals surface area contributed by atoms with Gasteiger partial charge in [-0.05, 0) is 101 Å². The number of aliphatic imine (C=N–C) groups is 1. The molecule has 7 atom stereocenters. The molecule has 0 aliphatic heterocycles. The summed E-state index contributed by atoms with van der Waals surface area (Å²) in [6.07, 6.45) is 13.7. The molecule has 3 rings (SSSR count). The first-order chi connectivity index (χ1) is 14.8. The van der Waals surface area contributed by atoms with Gasteiger partial charge in [0.2, 0.25) is 0 Å². The number of rotatable bonds is 6. The SMILES string of the molecule is C=CCC1CCC2(N)C(CCC3(C)C(C(C)=NCC)CCC32)C1(C)CCC.CN.CO. The first-order valence-corrected chi connectivity index (χ1v) is 12.7. The van der Waals surface area contributed by atoms with Gasteiger partial charge in [-0.15, -0.1) is 6.58 Å². The summed E-state index contributed by atoms with van der Waals surface area (Å²) >= 11 is 0. The summed E-state index contributed by atoms with van der Waals surface area (Å²) < 4.78 is 0. The van der Waals surface area contributed by atoms with E-state index in [0.29, 0.717) is 28.6 Å². The van der Waals surface area contributed by atoms with Crippen LogP contribution in [-0.4, -0.2) is 37.1 Å². The molecular weight excluding hydrogens is 382 g/mol. The normalized spacial score (nSPS) is 41.7. The van der Waals surface area contributed by atoms with Crippen LogP contribution >= 0.6 is 0 Å². The molecule has 3 aliphatic rings. The summed E-state index contributed by atoms with van der Waals surface area (Å²) in [5.41, 5.74) is 14.1. The largest absolute Gasteiger partial charge is 0.400 e. The van der Waals surface area contributed by atoms with Gasteiger partial charge in [0.1, 0.15) is 0 Å². The number of fused-ring (bicyclic) bond motifs is 3. The molecule has 3 saturated carbocycles. The fourth-order valence-corrected chi connectivity index (χ4v) is 8.32. The van der Waals surface area contributed by atoms with Gasteiger partial charge in [-0.25, -0.2) is 0 Å². The van der Waals surface area contributed by atoms with Crippen LogP contribution in [0.2, 0.25) is 0 Å². The molecule has 31 heavy (non-hydrogen) atoms. The van der Waals surface area contributed by atoms with E-state index in [9.17, 15) is 0 Å². The third-order valence-electron chi connectivity index (χ3n) is 9.41. The number of hydrogen-bond donors (Lipinski definition) is 3. The molecule has 0 radical (unpaired) electrons. The molecular formula is C27H53N3O. The van der Waals surface area contributed by atoms with Crippen molar-refractivity contribution >= 4 is 5.71 Å². The minimum atomic E-state index is 0.0236. The van der Waals surface area contributed by atoms with Gasteiger partial charge in [0.15, 0.2) is 0 Å². The van der Waals surface area contributed by atoms with Gasteiger partial charge < -0.3 is 16.6 Å². The minimum Gasteiger partial charge on any atom is -0.400 e. The number of aliphatic hydroxyl groups is 1. The topological polar surface area (TPSA) is 84.6 Å². The molecule has 0 aromatic carbocycles. The van der Waals surface area contributed by atoms with Crippen LogP contribution in [0.4, 0.5) is 0 Å². The zero-order valence-corrected chi connectivity index (χ0v) is 21.7. The summed E-state index contributed by atoms with van der Waals surface area (Å²) in [4.78, 5) is 4.83. The van der Waals surface area contributed by atoms with Crippen molar-refractivity contribution in [1.29, 1.82) is 0 Å². The van der Waals surface area contributed by atoms with Gasteiger partial charge in [0.05, 0.1) is 0 Å². The Hall–Kier alpha value is -0.710. The highest BCUT2D eigenvalue weighted by molar-refractivity contribution is 5.85. The van der Waals surface area contributed by atoms with Gasteiger partial charge >= 0.3 is 0 Å². The van der Waals surface area contributed by atoms with E-state index in [-0.39, 0.29) is 5.54 Å². The molecule has 0 bridgehead atoms. The van der Waals surface area contributed by atoms with E-state index in [1.165, 1.54) is 64.1 Å². The van der Waals surface area contributed by atoms with Gasteiger partial charge in [0.25, 0.3) is 0 Å². The van der Waals surface area contributed by atoms with Gasteiger partial charge in [-0.3, -0.25) is 4.99 Å². The van der Waals surface area contributed by atoms with Crippen LogP contribution in [0, 0.1) is 34.5 Å². The van der Waals surface area contributed by atoms with Crippen LogP contribution in [0.3, 0.4) is 0 Å². The lowest BCUT2D eigenvalue weighted by molar-refractivity contribution is -0.111. The van der Waals surface area contributed by atoms with E-state index < -0.39 is 0 Å². The Labute approximate surface area is 193 Å². The summed E-state index contributed by atoms with van der Waals surface area (Å²) in [7, 11) is 2.50. The Kier molecular flexibility index (Phi) is 10.9. The third kappa shape index (κ3) is 4.96. The van der Waals surface area contributed by atoms with Crippen LogP contribution in [0.1, 0.15) is 92.4 Å². The summed E-state index contributed by atoms with van der Waals surface area (Å²) in [6.45, 7) is 16.9. The lowest BCUT2D eigenvalue weighted by Crippen LogP contribution is -2.67. The predicted molar refractivity (Wildman–Crippen MR) is 136 cm³/mol. The average molecular weight is 436 g/mol. The summed E-state index contributed by atoms with van der Waals surface area (Å²) in [5.74, 6) is 2.74. The average Bonchev–Trinajstić information content (AvgIpc) is 3.12. The monoisotopic (exact) mass is 435 g/mol. The number of aliphatic hydroxyl groups excluding tert-OH is 1. The molecule has 0 saturated heterocycles. The second kappa shape index (κ2) is 12.0. The zero-order chi connectivity index (χ0) is 23.9. The highest BCUT2D eigenvalue weighted by Gasteiger charge is 2.64. The van der Waals surface area contributed by atoms with Crippen LogP contribution in [0.15, 0.2) is 17.6 Å². The predicted octanol–water partition coefficient (Wildman–Crippen LogP) is 5.58. The maximum absolute atomic E-state index is 7.47. The molecule has 5 N–H and O–H groups in total. The second-order valence-electron chi connectivity index (χ2n) is 10.5. The first kappa shape index (κ1) is 28.3. The highest BCUT2D eigenvalue weighted by Crippen LogP contribution is 2.67. The molecule has 0 heterocycles. The van der Waals surface area contributed by atoms with Crippen molar-refractivity contribution in [3.05, 3.63) is 12.7 Å². The standard InChI is InChI=1S/C25H44N2.CH5N.CH4O/c1-7-10-19-13-17-25(26)21-12-11-20(18(4)27-9-3)24(21,6)16-14-22(25)23(19,5)15-8-2;2*1-2/h7,19-22H,1,8-17,26H2,2-6H3;2H2,1H3;2H,1H3. The van der Waals surface area contributed by atoms with E-state index in [1.54, 1.807) is 0 Å². The lowest BCUT2D eigenvalue weighted by Gasteiger charge is -2.64. The second-order valence-corrected chi connectivity index (χ2v) is 10.5. The molecule has 0 amide bonds. The van der Waals surface area contributed by atoms with Crippen molar-refractivity contribution in [3.63, 3.8) is 0 Å². The lowest BCUT2D eigenvalue weighted by atomic mass is 9.43. The van der Waals surface area contributed by atoms with Gasteiger partial charge in [-0.2, -0.15) is 0 Å². The van der Waals surface area contributed by atoms with Crippen molar-refractivity contribution in [2.45, 2.75) is 97.9 Å². The van der Waals surface area contributed by atoms with Crippen molar-refractivity contribution in [1.82, 2.24) is 0 Å². The Bertz CT molecular complexity index is 591. The fourth-order valence-electron chi connectivity index (χ4n) is 8.32. The zero-order valence-electron chi connectivity index (χ0n) is 21.7. The molecule has 0 spiro atoms. The molecule has 182 valence electrons. The third-order valence-corrected chi connectivity index (χ3v) is 9.41. The Morgan fingerprint density at radius 3 is 2.26 bits per heavy atom. The van der Waals surface area contributed by atoms with Crippen LogP contribution < -0.4 is 11.5 Å². The van der Waals surface area contributed by atoms with E-state index in [2.05, 4.69) is 53.0 Å². The van der Waals surface area contributed by atoms with Gasteiger partial charge in [0, 0.05) is 30.8 Å². The highest BCUT2D eigenvalue weighted by atomic mass is 16.2. The number of hydrogen-bond acceptors (Lipinski definition) is 4. The molecule has 7 unspecified atom stereocenters. The molecule has 4 heteroatoms. The maximum atomic E-state index is 7.47. The van der Waals surface area contributed by atoms with Crippen molar-refractivity contribution < 1.29 is 5.11 Å². The van der Waals surface area contributed by atoms with Crippen LogP contribution in [-0.2, 0) is 0 Å². The molecule has 4 nitrogen and oxygen atoms in total. The van der Waals surface area contributed by atoms with E-state index >= 15 is 0 Å². The van der Waals surface area contributed by atoms with Gasteiger partial charge in [-0.1, -0.05) is 33.3 Å².